The van der Waals surface area contributed by atoms with Gasteiger partial charge in [0.1, 0.15) is 0 Å². The van der Waals surface area contributed by atoms with Gasteiger partial charge in [0.15, 0.2) is 0 Å². The summed E-state index contributed by atoms with van der Waals surface area (Å²) in [6.07, 6.45) is 9.59. The molecule has 1 heteroatoms. The SMILES string of the molecule is CCC1(/C=C2/CCNCC2C)CCC1. The van der Waals surface area contributed by atoms with E-state index in [1.54, 1.807) is 5.57 Å². The third-order valence-electron chi connectivity index (χ3n) is 4.22. The van der Waals surface area contributed by atoms with Gasteiger partial charge in [-0.2, -0.15) is 0 Å². The summed E-state index contributed by atoms with van der Waals surface area (Å²) in [5.74, 6) is 0.771. The maximum atomic E-state index is 3.46. The van der Waals surface area contributed by atoms with E-state index in [2.05, 4.69) is 25.2 Å². The van der Waals surface area contributed by atoms with Crippen LogP contribution in [0.3, 0.4) is 0 Å². The van der Waals surface area contributed by atoms with Crippen molar-refractivity contribution in [1.29, 1.82) is 0 Å². The summed E-state index contributed by atoms with van der Waals surface area (Å²) in [5, 5.41) is 3.46. The van der Waals surface area contributed by atoms with E-state index in [0.29, 0.717) is 5.41 Å². The second kappa shape index (κ2) is 4.06. The normalized spacial score (nSPS) is 34.1. The Kier molecular flexibility index (Phi) is 2.96. The second-order valence-corrected chi connectivity index (χ2v) is 5.14. The lowest BCUT2D eigenvalue weighted by atomic mass is 9.65. The Hall–Kier alpha value is -0.300. The molecule has 1 atom stereocenters. The largest absolute Gasteiger partial charge is 0.316 e. The third-order valence-corrected chi connectivity index (χ3v) is 4.22. The first-order valence-corrected chi connectivity index (χ1v) is 6.18. The van der Waals surface area contributed by atoms with E-state index in [9.17, 15) is 0 Å². The van der Waals surface area contributed by atoms with Crippen LogP contribution in [0, 0.1) is 11.3 Å². The topological polar surface area (TPSA) is 12.0 Å². The Morgan fingerprint density at radius 3 is 2.79 bits per heavy atom. The summed E-state index contributed by atoms with van der Waals surface area (Å²) in [7, 11) is 0. The zero-order chi connectivity index (χ0) is 10.0. The fourth-order valence-electron chi connectivity index (χ4n) is 2.77. The van der Waals surface area contributed by atoms with Crippen LogP contribution in [0.25, 0.3) is 0 Å². The molecule has 1 aliphatic carbocycles. The summed E-state index contributed by atoms with van der Waals surface area (Å²) < 4.78 is 0. The Labute approximate surface area is 88.0 Å². The molecular weight excluding hydrogens is 170 g/mol. The Morgan fingerprint density at radius 1 is 1.50 bits per heavy atom. The highest BCUT2D eigenvalue weighted by molar-refractivity contribution is 5.16. The summed E-state index contributed by atoms with van der Waals surface area (Å²) in [5.41, 5.74) is 2.34. The zero-order valence-electron chi connectivity index (χ0n) is 9.60. The van der Waals surface area contributed by atoms with E-state index < -0.39 is 0 Å². The van der Waals surface area contributed by atoms with Gasteiger partial charge in [-0.3, -0.25) is 0 Å². The van der Waals surface area contributed by atoms with Gasteiger partial charge in [0.25, 0.3) is 0 Å². The average Bonchev–Trinajstić information content (AvgIpc) is 2.14. The second-order valence-electron chi connectivity index (χ2n) is 5.14. The zero-order valence-corrected chi connectivity index (χ0v) is 9.60. The minimum atomic E-state index is 0.612. The van der Waals surface area contributed by atoms with Crippen LogP contribution in [-0.2, 0) is 0 Å². The van der Waals surface area contributed by atoms with Crippen LogP contribution >= 0.6 is 0 Å². The first-order chi connectivity index (χ1) is 6.76. The number of piperidine rings is 1. The van der Waals surface area contributed by atoms with Crippen molar-refractivity contribution in [2.24, 2.45) is 11.3 Å². The van der Waals surface area contributed by atoms with E-state index in [4.69, 9.17) is 0 Å². The molecule has 0 aromatic rings. The molecular formula is C13H23N. The fraction of sp³-hybridized carbons (Fsp3) is 0.846. The monoisotopic (exact) mass is 193 g/mol. The van der Waals surface area contributed by atoms with Gasteiger partial charge in [-0.15, -0.1) is 0 Å². The molecule has 2 rings (SSSR count). The predicted octanol–water partition coefficient (Wildman–Crippen LogP) is 3.12. The molecule has 1 nitrogen and oxygen atoms in total. The first kappa shape index (κ1) is 10.2. The highest BCUT2D eigenvalue weighted by atomic mass is 14.9. The number of allylic oxidation sites excluding steroid dienone is 1. The molecule has 2 fully saturated rings. The summed E-state index contributed by atoms with van der Waals surface area (Å²) in [4.78, 5) is 0. The van der Waals surface area contributed by atoms with Gasteiger partial charge in [-0.25, -0.2) is 0 Å². The minimum Gasteiger partial charge on any atom is -0.316 e. The molecule has 14 heavy (non-hydrogen) atoms. The summed E-state index contributed by atoms with van der Waals surface area (Å²) in [6.45, 7) is 7.09. The van der Waals surface area contributed by atoms with Crippen molar-refractivity contribution in [2.75, 3.05) is 13.1 Å². The van der Waals surface area contributed by atoms with Crippen LogP contribution in [0.15, 0.2) is 11.6 Å². The highest BCUT2D eigenvalue weighted by Crippen LogP contribution is 2.46. The smallest absolute Gasteiger partial charge is 0.00143 e. The molecule has 1 aliphatic heterocycles. The van der Waals surface area contributed by atoms with Crippen LogP contribution in [0.2, 0.25) is 0 Å². The van der Waals surface area contributed by atoms with Crippen LogP contribution in [0.1, 0.15) is 46.0 Å². The van der Waals surface area contributed by atoms with E-state index in [1.807, 2.05) is 0 Å². The number of hydrogen-bond donors (Lipinski definition) is 1. The maximum absolute atomic E-state index is 3.46. The maximum Gasteiger partial charge on any atom is 0.00143 e. The average molecular weight is 193 g/mol. The van der Waals surface area contributed by atoms with Crippen molar-refractivity contribution >= 4 is 0 Å². The molecule has 0 amide bonds. The van der Waals surface area contributed by atoms with Crippen LogP contribution < -0.4 is 5.32 Å². The van der Waals surface area contributed by atoms with Crippen molar-refractivity contribution < 1.29 is 0 Å². The lowest BCUT2D eigenvalue weighted by Crippen LogP contribution is -2.33. The molecule has 2 aliphatic rings. The molecule has 1 saturated carbocycles. The Bertz CT molecular complexity index is 220. The van der Waals surface area contributed by atoms with Crippen LogP contribution in [0.4, 0.5) is 0 Å². The van der Waals surface area contributed by atoms with Gasteiger partial charge in [0.2, 0.25) is 0 Å². The van der Waals surface area contributed by atoms with Gasteiger partial charge in [-0.05, 0) is 43.6 Å². The lowest BCUT2D eigenvalue weighted by Gasteiger charge is -2.40. The van der Waals surface area contributed by atoms with E-state index >= 15 is 0 Å². The van der Waals surface area contributed by atoms with Crippen LogP contribution in [0.5, 0.6) is 0 Å². The quantitative estimate of drug-likeness (QED) is 0.664. The third kappa shape index (κ3) is 1.88. The van der Waals surface area contributed by atoms with Crippen molar-refractivity contribution in [2.45, 2.75) is 46.0 Å². The van der Waals surface area contributed by atoms with Crippen molar-refractivity contribution in [1.82, 2.24) is 5.32 Å². The Balaban J connectivity index is 2.07. The summed E-state index contributed by atoms with van der Waals surface area (Å²) >= 11 is 0. The van der Waals surface area contributed by atoms with Crippen molar-refractivity contribution in [3.8, 4) is 0 Å². The minimum absolute atomic E-state index is 0.612. The predicted molar refractivity (Wildman–Crippen MR) is 61.3 cm³/mol. The standard InChI is InChI=1S/C13H23N/c1-3-13(6-4-7-13)9-12-5-8-14-10-11(12)2/h9,11,14H,3-8,10H2,1-2H3/b12-9-. The molecule has 1 saturated heterocycles. The van der Waals surface area contributed by atoms with Crippen molar-refractivity contribution in [3.63, 3.8) is 0 Å². The van der Waals surface area contributed by atoms with Gasteiger partial charge in [0.05, 0.1) is 0 Å². The molecule has 1 unspecified atom stereocenters. The number of hydrogen-bond acceptors (Lipinski definition) is 1. The van der Waals surface area contributed by atoms with Crippen molar-refractivity contribution in [3.05, 3.63) is 11.6 Å². The van der Waals surface area contributed by atoms with Crippen LogP contribution in [-0.4, -0.2) is 13.1 Å². The molecule has 0 spiro atoms. The fourth-order valence-corrected chi connectivity index (χ4v) is 2.77. The number of rotatable bonds is 2. The molecule has 1 N–H and O–H groups in total. The lowest BCUT2D eigenvalue weighted by molar-refractivity contribution is 0.193. The first-order valence-electron chi connectivity index (χ1n) is 6.18. The van der Waals surface area contributed by atoms with E-state index in [0.717, 1.165) is 5.92 Å². The molecule has 1 heterocycles. The van der Waals surface area contributed by atoms with Gasteiger partial charge in [0, 0.05) is 6.54 Å². The van der Waals surface area contributed by atoms with Gasteiger partial charge < -0.3 is 5.32 Å². The van der Waals surface area contributed by atoms with Gasteiger partial charge >= 0.3 is 0 Å². The summed E-state index contributed by atoms with van der Waals surface area (Å²) in [6, 6.07) is 0. The molecule has 0 radical (unpaired) electrons. The molecule has 80 valence electrons. The van der Waals surface area contributed by atoms with Gasteiger partial charge in [-0.1, -0.05) is 31.9 Å². The van der Waals surface area contributed by atoms with E-state index in [1.165, 1.54) is 45.2 Å². The number of nitrogens with one attached hydrogen (secondary N) is 1. The highest BCUT2D eigenvalue weighted by Gasteiger charge is 2.33. The molecule has 0 bridgehead atoms. The molecule has 0 aromatic heterocycles. The molecule has 0 aromatic carbocycles. The Morgan fingerprint density at radius 2 is 2.29 bits per heavy atom. The van der Waals surface area contributed by atoms with E-state index in [-0.39, 0.29) is 0 Å².